The molecule has 1 aliphatic carbocycles. The third-order valence-electron chi connectivity index (χ3n) is 4.34. The summed E-state index contributed by atoms with van der Waals surface area (Å²) in [4.78, 5) is 0. The smallest absolute Gasteiger partial charge is 0.141 e. The fourth-order valence-corrected chi connectivity index (χ4v) is 3.56. The van der Waals surface area contributed by atoms with Crippen LogP contribution in [0, 0.1) is 17.2 Å². The lowest BCUT2D eigenvalue weighted by Gasteiger charge is -2.55. The molecule has 3 unspecified atom stereocenters. The molecule has 0 radical (unpaired) electrons. The second kappa shape index (κ2) is 4.10. The summed E-state index contributed by atoms with van der Waals surface area (Å²) in [6.45, 7) is 5.27. The normalized spacial score (nSPS) is 32.8. The van der Waals surface area contributed by atoms with E-state index in [0.717, 1.165) is 18.7 Å². The zero-order valence-electron chi connectivity index (χ0n) is 10.5. The Kier molecular flexibility index (Phi) is 2.79. The minimum Gasteiger partial charge on any atom is -0.381 e. The first-order chi connectivity index (χ1) is 8.50. The standard InChI is InChI=1S/C14H17ClFNO/c1-14(2)12(9-5-6-18-13(9)14)17-8-3-4-11(16)10(15)7-8/h3-4,7,9,12-13,17H,5-6H2,1-2H3. The zero-order valence-corrected chi connectivity index (χ0v) is 11.3. The molecule has 2 nitrogen and oxygen atoms in total. The van der Waals surface area contributed by atoms with E-state index in [2.05, 4.69) is 19.2 Å². The molecule has 1 aromatic carbocycles. The van der Waals surface area contributed by atoms with Crippen molar-refractivity contribution in [2.24, 2.45) is 11.3 Å². The van der Waals surface area contributed by atoms with Crippen molar-refractivity contribution in [1.29, 1.82) is 0 Å². The van der Waals surface area contributed by atoms with Gasteiger partial charge in [-0.15, -0.1) is 0 Å². The highest BCUT2D eigenvalue weighted by atomic mass is 35.5. The van der Waals surface area contributed by atoms with Crippen LogP contribution >= 0.6 is 11.6 Å². The Bertz CT molecular complexity index is 477. The number of hydrogen-bond donors (Lipinski definition) is 1. The summed E-state index contributed by atoms with van der Waals surface area (Å²) >= 11 is 5.80. The topological polar surface area (TPSA) is 21.3 Å². The van der Waals surface area contributed by atoms with Crippen molar-refractivity contribution in [1.82, 2.24) is 0 Å². The zero-order chi connectivity index (χ0) is 12.9. The molecule has 0 aromatic heterocycles. The van der Waals surface area contributed by atoms with Crippen LogP contribution in [0.4, 0.5) is 10.1 Å². The lowest BCUT2D eigenvalue weighted by molar-refractivity contribution is -0.0923. The molecule has 1 N–H and O–H groups in total. The Hall–Kier alpha value is -0.800. The highest BCUT2D eigenvalue weighted by molar-refractivity contribution is 6.31. The molecule has 1 saturated carbocycles. The van der Waals surface area contributed by atoms with E-state index in [1.54, 1.807) is 12.1 Å². The van der Waals surface area contributed by atoms with Gasteiger partial charge in [0.15, 0.2) is 0 Å². The quantitative estimate of drug-likeness (QED) is 0.884. The first-order valence-corrected chi connectivity index (χ1v) is 6.71. The highest BCUT2D eigenvalue weighted by Gasteiger charge is 2.59. The molecule has 0 bridgehead atoms. The lowest BCUT2D eigenvalue weighted by Crippen LogP contribution is -2.63. The van der Waals surface area contributed by atoms with Gasteiger partial charge in [0.1, 0.15) is 5.82 Å². The predicted molar refractivity (Wildman–Crippen MR) is 70.4 cm³/mol. The first kappa shape index (κ1) is 12.2. The van der Waals surface area contributed by atoms with E-state index in [9.17, 15) is 4.39 Å². The molecule has 98 valence electrons. The number of halogens is 2. The Balaban J connectivity index is 1.78. The fraction of sp³-hybridized carbons (Fsp3) is 0.571. The Morgan fingerprint density at radius 2 is 2.22 bits per heavy atom. The van der Waals surface area contributed by atoms with Crippen molar-refractivity contribution in [3.8, 4) is 0 Å². The van der Waals surface area contributed by atoms with Crippen molar-refractivity contribution in [3.05, 3.63) is 29.0 Å². The second-order valence-electron chi connectivity index (χ2n) is 5.82. The van der Waals surface area contributed by atoms with Gasteiger partial charge in [-0.25, -0.2) is 4.39 Å². The van der Waals surface area contributed by atoms with Crippen LogP contribution in [0.25, 0.3) is 0 Å². The Morgan fingerprint density at radius 3 is 2.94 bits per heavy atom. The molecule has 1 aliphatic heterocycles. The van der Waals surface area contributed by atoms with Gasteiger partial charge < -0.3 is 10.1 Å². The van der Waals surface area contributed by atoms with Crippen molar-refractivity contribution < 1.29 is 9.13 Å². The maximum absolute atomic E-state index is 13.1. The van der Waals surface area contributed by atoms with E-state index in [-0.39, 0.29) is 16.3 Å². The first-order valence-electron chi connectivity index (χ1n) is 6.33. The number of anilines is 1. The highest BCUT2D eigenvalue weighted by Crippen LogP contribution is 2.53. The molecular formula is C14H17ClFNO. The van der Waals surface area contributed by atoms with Gasteiger partial charge in [0, 0.05) is 29.7 Å². The van der Waals surface area contributed by atoms with E-state index in [1.165, 1.54) is 6.07 Å². The van der Waals surface area contributed by atoms with Gasteiger partial charge in [0.05, 0.1) is 11.1 Å². The van der Waals surface area contributed by atoms with Crippen LogP contribution in [0.15, 0.2) is 18.2 Å². The lowest BCUT2D eigenvalue weighted by atomic mass is 9.57. The average molecular weight is 270 g/mol. The predicted octanol–water partition coefficient (Wildman–Crippen LogP) is 3.70. The number of fused-ring (bicyclic) bond motifs is 1. The molecule has 1 saturated heterocycles. The summed E-state index contributed by atoms with van der Waals surface area (Å²) in [5.74, 6) is 0.181. The largest absolute Gasteiger partial charge is 0.381 e. The summed E-state index contributed by atoms with van der Waals surface area (Å²) in [6.07, 6.45) is 1.45. The van der Waals surface area contributed by atoms with Crippen LogP contribution in [0.3, 0.4) is 0 Å². The molecular weight excluding hydrogens is 253 g/mol. The number of ether oxygens (including phenoxy) is 1. The van der Waals surface area contributed by atoms with Gasteiger partial charge in [-0.1, -0.05) is 25.4 Å². The maximum Gasteiger partial charge on any atom is 0.141 e. The van der Waals surface area contributed by atoms with Gasteiger partial charge in [-0.3, -0.25) is 0 Å². The minimum absolute atomic E-state index is 0.113. The van der Waals surface area contributed by atoms with Crippen LogP contribution in [-0.4, -0.2) is 18.8 Å². The molecule has 3 rings (SSSR count). The number of rotatable bonds is 2. The number of nitrogens with one attached hydrogen (secondary N) is 1. The Morgan fingerprint density at radius 1 is 1.44 bits per heavy atom. The van der Waals surface area contributed by atoms with E-state index >= 15 is 0 Å². The monoisotopic (exact) mass is 269 g/mol. The molecule has 2 aliphatic rings. The molecule has 0 amide bonds. The number of benzene rings is 1. The van der Waals surface area contributed by atoms with E-state index in [4.69, 9.17) is 16.3 Å². The molecule has 4 heteroatoms. The van der Waals surface area contributed by atoms with Crippen molar-refractivity contribution in [3.63, 3.8) is 0 Å². The van der Waals surface area contributed by atoms with Crippen LogP contribution in [0.1, 0.15) is 20.3 Å². The average Bonchev–Trinajstić information content (AvgIpc) is 2.77. The van der Waals surface area contributed by atoms with Crippen molar-refractivity contribution >= 4 is 17.3 Å². The van der Waals surface area contributed by atoms with Crippen LogP contribution in [0.5, 0.6) is 0 Å². The maximum atomic E-state index is 13.1. The summed E-state index contributed by atoms with van der Waals surface area (Å²) in [6, 6.07) is 5.15. The van der Waals surface area contributed by atoms with Gasteiger partial charge in [-0.05, 0) is 24.6 Å². The molecule has 3 atom stereocenters. The van der Waals surface area contributed by atoms with Gasteiger partial charge in [0.2, 0.25) is 0 Å². The molecule has 18 heavy (non-hydrogen) atoms. The van der Waals surface area contributed by atoms with Crippen molar-refractivity contribution in [2.75, 3.05) is 11.9 Å². The van der Waals surface area contributed by atoms with E-state index < -0.39 is 0 Å². The van der Waals surface area contributed by atoms with Gasteiger partial charge in [-0.2, -0.15) is 0 Å². The summed E-state index contributed by atoms with van der Waals surface area (Å²) in [5.41, 5.74) is 0.993. The van der Waals surface area contributed by atoms with Crippen LogP contribution in [-0.2, 0) is 4.74 Å². The molecule has 2 fully saturated rings. The fourth-order valence-electron chi connectivity index (χ4n) is 3.38. The summed E-state index contributed by atoms with van der Waals surface area (Å²) < 4.78 is 18.9. The van der Waals surface area contributed by atoms with E-state index in [0.29, 0.717) is 18.1 Å². The van der Waals surface area contributed by atoms with Gasteiger partial charge in [0.25, 0.3) is 0 Å². The SMILES string of the molecule is CC1(C)C(Nc2ccc(F)c(Cl)c2)C2CCOC21. The second-order valence-corrected chi connectivity index (χ2v) is 6.22. The summed E-state index contributed by atoms with van der Waals surface area (Å²) in [7, 11) is 0. The third-order valence-corrected chi connectivity index (χ3v) is 4.63. The van der Waals surface area contributed by atoms with Crippen molar-refractivity contribution in [2.45, 2.75) is 32.4 Å². The van der Waals surface area contributed by atoms with Crippen LogP contribution in [0.2, 0.25) is 5.02 Å². The van der Waals surface area contributed by atoms with E-state index in [1.807, 2.05) is 0 Å². The number of hydrogen-bond acceptors (Lipinski definition) is 2. The molecule has 1 aromatic rings. The molecule has 1 heterocycles. The Labute approximate surface area is 111 Å². The summed E-state index contributed by atoms with van der Waals surface area (Å²) in [5, 5.41) is 3.64. The minimum atomic E-state index is -0.378. The molecule has 0 spiro atoms. The third kappa shape index (κ3) is 1.72. The van der Waals surface area contributed by atoms with Gasteiger partial charge >= 0.3 is 0 Å². The van der Waals surface area contributed by atoms with Crippen LogP contribution < -0.4 is 5.32 Å².